The lowest BCUT2D eigenvalue weighted by atomic mass is 11.0. The van der Waals surface area contributed by atoms with Crippen molar-refractivity contribution in [1.82, 2.24) is 15.4 Å². The molecular formula is C5H5N3O2. The molecule has 10 heavy (non-hydrogen) atoms. The van der Waals surface area contributed by atoms with Crippen LogP contribution in [-0.4, -0.2) is 15.4 Å². The lowest BCUT2D eigenvalue weighted by Crippen LogP contribution is -1.53. The van der Waals surface area contributed by atoms with Crippen molar-refractivity contribution in [2.24, 2.45) is 0 Å². The van der Waals surface area contributed by atoms with Gasteiger partial charge in [0.2, 0.25) is 0 Å². The Morgan fingerprint density at radius 1 is 1.10 bits per heavy atom. The first-order valence-electron chi connectivity index (χ1n) is 2.53. The Morgan fingerprint density at radius 2 is 2.10 bits per heavy atom. The highest BCUT2D eigenvalue weighted by atomic mass is 16.5. The molecule has 0 aromatic carbocycles. The van der Waals surface area contributed by atoms with Gasteiger partial charge in [0.15, 0.2) is 6.39 Å². The van der Waals surface area contributed by atoms with Crippen LogP contribution in [0.15, 0.2) is 40.3 Å². The molecule has 2 heterocycles. The average Bonchev–Trinajstić information content (AvgIpc) is 2.67. The van der Waals surface area contributed by atoms with Crippen LogP contribution in [0.2, 0.25) is 0 Å². The SMILES string of the molecule is c1cocn1.c1conn1. The molecule has 2 aromatic heterocycles. The highest BCUT2D eigenvalue weighted by molar-refractivity contribution is 4.56. The van der Waals surface area contributed by atoms with Crippen LogP contribution in [0.5, 0.6) is 0 Å². The van der Waals surface area contributed by atoms with Crippen molar-refractivity contribution in [3.8, 4) is 0 Å². The van der Waals surface area contributed by atoms with Gasteiger partial charge >= 0.3 is 0 Å². The lowest BCUT2D eigenvalue weighted by Gasteiger charge is -1.47. The molecule has 0 amide bonds. The molecule has 0 fully saturated rings. The van der Waals surface area contributed by atoms with Crippen molar-refractivity contribution in [2.45, 2.75) is 0 Å². The van der Waals surface area contributed by atoms with E-state index < -0.39 is 0 Å². The van der Waals surface area contributed by atoms with Crippen LogP contribution in [0.25, 0.3) is 0 Å². The summed E-state index contributed by atoms with van der Waals surface area (Å²) in [6.45, 7) is 0. The lowest BCUT2D eigenvalue weighted by molar-refractivity contribution is 0.393. The predicted octanol–water partition coefficient (Wildman–Crippen LogP) is 0.744. The zero-order chi connectivity index (χ0) is 7.07. The molecule has 0 radical (unpaired) electrons. The second-order valence-corrected chi connectivity index (χ2v) is 1.26. The number of aromatic nitrogens is 3. The molecule has 5 heteroatoms. The minimum absolute atomic E-state index is 1.38. The standard InChI is InChI=1S/C3H3NO.C2H2N2O/c1-2-5-3-4-1;1-2-5-4-3-1/h1-3H;1-2H. The van der Waals surface area contributed by atoms with E-state index in [1.165, 1.54) is 25.1 Å². The van der Waals surface area contributed by atoms with E-state index in [0.29, 0.717) is 0 Å². The molecule has 0 spiro atoms. The van der Waals surface area contributed by atoms with Gasteiger partial charge in [-0.15, -0.1) is 5.10 Å². The summed E-state index contributed by atoms with van der Waals surface area (Å²) < 4.78 is 8.69. The average molecular weight is 139 g/mol. The summed E-state index contributed by atoms with van der Waals surface area (Å²) >= 11 is 0. The van der Waals surface area contributed by atoms with E-state index in [-0.39, 0.29) is 0 Å². The maximum atomic E-state index is 4.47. The second-order valence-electron chi connectivity index (χ2n) is 1.26. The van der Waals surface area contributed by atoms with Crippen LogP contribution in [-0.2, 0) is 0 Å². The Kier molecular flexibility index (Phi) is 2.75. The summed E-state index contributed by atoms with van der Waals surface area (Å²) in [6.07, 6.45) is 7.35. The Labute approximate surface area is 56.7 Å². The third-order valence-corrected chi connectivity index (χ3v) is 0.630. The maximum Gasteiger partial charge on any atom is 0.180 e. The molecule has 0 atom stereocenters. The quantitative estimate of drug-likeness (QED) is 0.538. The monoisotopic (exact) mass is 139 g/mol. The van der Waals surface area contributed by atoms with E-state index in [9.17, 15) is 0 Å². The van der Waals surface area contributed by atoms with Crippen molar-refractivity contribution in [2.75, 3.05) is 0 Å². The van der Waals surface area contributed by atoms with Gasteiger partial charge in [-0.05, 0) is 0 Å². The van der Waals surface area contributed by atoms with Crippen molar-refractivity contribution in [1.29, 1.82) is 0 Å². The first kappa shape index (κ1) is 6.47. The Bertz CT molecular complexity index is 154. The fourth-order valence-electron chi connectivity index (χ4n) is 0.312. The molecule has 2 aromatic rings. The molecule has 0 unspecified atom stereocenters. The summed E-state index contributed by atoms with van der Waals surface area (Å²) in [7, 11) is 0. The first-order valence-corrected chi connectivity index (χ1v) is 2.53. The number of oxazole rings is 1. The second kappa shape index (κ2) is 4.25. The molecule has 0 saturated carbocycles. The van der Waals surface area contributed by atoms with E-state index in [4.69, 9.17) is 0 Å². The van der Waals surface area contributed by atoms with Gasteiger partial charge in [-0.3, -0.25) is 0 Å². The third-order valence-electron chi connectivity index (χ3n) is 0.630. The summed E-state index contributed by atoms with van der Waals surface area (Å²) in [6, 6.07) is 0. The van der Waals surface area contributed by atoms with Gasteiger partial charge in [-0.2, -0.15) is 0 Å². The van der Waals surface area contributed by atoms with Crippen LogP contribution >= 0.6 is 0 Å². The molecule has 0 saturated heterocycles. The molecule has 2 rings (SSSR count). The summed E-state index contributed by atoms with van der Waals surface area (Å²) in [4.78, 5) is 3.56. The van der Waals surface area contributed by atoms with Crippen LogP contribution in [0.1, 0.15) is 0 Å². The van der Waals surface area contributed by atoms with Gasteiger partial charge in [0, 0.05) is 5.27 Å². The van der Waals surface area contributed by atoms with Gasteiger partial charge in [0.25, 0.3) is 0 Å². The van der Waals surface area contributed by atoms with Crippen molar-refractivity contribution in [3.63, 3.8) is 0 Å². The zero-order valence-electron chi connectivity index (χ0n) is 5.04. The predicted molar refractivity (Wildman–Crippen MR) is 30.8 cm³/mol. The maximum absolute atomic E-state index is 4.47. The van der Waals surface area contributed by atoms with Crippen molar-refractivity contribution in [3.05, 3.63) is 31.3 Å². The normalized spacial score (nSPS) is 8.00. The first-order chi connectivity index (χ1) is 5.00. The Hall–Kier alpha value is -1.65. The molecule has 52 valence electrons. The van der Waals surface area contributed by atoms with Crippen LogP contribution in [0.4, 0.5) is 0 Å². The van der Waals surface area contributed by atoms with E-state index in [1.807, 2.05) is 0 Å². The molecule has 0 aliphatic heterocycles. The Balaban J connectivity index is 0.0000001000. The summed E-state index contributed by atoms with van der Waals surface area (Å²) in [5.41, 5.74) is 0. The molecule has 5 nitrogen and oxygen atoms in total. The molecular weight excluding hydrogens is 134 g/mol. The van der Waals surface area contributed by atoms with E-state index in [2.05, 4.69) is 24.3 Å². The van der Waals surface area contributed by atoms with E-state index >= 15 is 0 Å². The minimum Gasteiger partial charge on any atom is -0.452 e. The largest absolute Gasteiger partial charge is 0.452 e. The highest BCUT2D eigenvalue weighted by Gasteiger charge is 1.61. The third kappa shape index (κ3) is 2.61. The summed E-state index contributed by atoms with van der Waals surface area (Å²) in [5, 5.41) is 6.40. The van der Waals surface area contributed by atoms with Gasteiger partial charge in [0.05, 0.1) is 12.4 Å². The number of hydrogen-bond acceptors (Lipinski definition) is 5. The van der Waals surface area contributed by atoms with E-state index in [0.717, 1.165) is 0 Å². The minimum atomic E-state index is 1.38. The smallest absolute Gasteiger partial charge is 0.180 e. The molecule has 0 aliphatic carbocycles. The van der Waals surface area contributed by atoms with Crippen LogP contribution in [0.3, 0.4) is 0 Å². The molecule has 0 bridgehead atoms. The van der Waals surface area contributed by atoms with Gasteiger partial charge in [-0.1, -0.05) is 0 Å². The zero-order valence-corrected chi connectivity index (χ0v) is 5.04. The highest BCUT2D eigenvalue weighted by Crippen LogP contribution is 1.72. The number of nitrogens with zero attached hydrogens (tertiary/aromatic N) is 3. The van der Waals surface area contributed by atoms with Crippen LogP contribution in [0, 0.1) is 0 Å². The topological polar surface area (TPSA) is 65.0 Å². The number of rotatable bonds is 0. The molecule has 0 N–H and O–H groups in total. The van der Waals surface area contributed by atoms with Gasteiger partial charge in [-0.25, -0.2) is 4.98 Å². The summed E-state index contributed by atoms with van der Waals surface area (Å²) in [5.74, 6) is 0. The van der Waals surface area contributed by atoms with Gasteiger partial charge < -0.3 is 8.94 Å². The fourth-order valence-corrected chi connectivity index (χ4v) is 0.312. The van der Waals surface area contributed by atoms with Crippen molar-refractivity contribution < 1.29 is 8.94 Å². The Morgan fingerprint density at radius 3 is 2.30 bits per heavy atom. The van der Waals surface area contributed by atoms with E-state index in [1.54, 1.807) is 6.20 Å². The van der Waals surface area contributed by atoms with Crippen LogP contribution < -0.4 is 0 Å². The molecule has 0 aliphatic rings. The van der Waals surface area contributed by atoms with Gasteiger partial charge in [0.1, 0.15) is 12.5 Å². The van der Waals surface area contributed by atoms with Crippen molar-refractivity contribution >= 4 is 0 Å². The fraction of sp³-hybridized carbons (Fsp3) is 0. The number of hydrogen-bond donors (Lipinski definition) is 0.